The van der Waals surface area contributed by atoms with E-state index in [2.05, 4.69) is 0 Å². The predicted molar refractivity (Wildman–Crippen MR) is 103 cm³/mol. The summed E-state index contributed by atoms with van der Waals surface area (Å²) < 4.78 is 32.0. The zero-order valence-electron chi connectivity index (χ0n) is 16.2. The molecule has 0 aromatic heterocycles. The first-order chi connectivity index (χ1) is 12.8. The molecule has 4 aliphatic rings. The number of rotatable bonds is 1. The number of ketones is 1. The number of alkyl halides is 2. The van der Waals surface area contributed by atoms with Gasteiger partial charge in [0.15, 0.2) is 16.5 Å². The Morgan fingerprint density at radius 3 is 2.54 bits per heavy atom. The minimum Gasteiger partial charge on any atom is -0.500 e. The van der Waals surface area contributed by atoms with Crippen molar-refractivity contribution in [2.75, 3.05) is 0 Å². The van der Waals surface area contributed by atoms with Gasteiger partial charge in [-0.3, -0.25) is 4.79 Å². The smallest absolute Gasteiger partial charge is 0.190 e. The van der Waals surface area contributed by atoms with E-state index >= 15 is 8.78 Å². The van der Waals surface area contributed by atoms with E-state index in [0.29, 0.717) is 6.42 Å². The molecule has 0 unspecified atom stereocenters. The molecule has 3 saturated carbocycles. The lowest BCUT2D eigenvalue weighted by Crippen LogP contribution is -2.70. The number of halogens is 2. The van der Waals surface area contributed by atoms with E-state index in [9.17, 15) is 20.1 Å². The van der Waals surface area contributed by atoms with Crippen LogP contribution in [-0.2, 0) is 4.79 Å². The fraction of sp³-hybridized carbons (Fsp3) is 0.714. The van der Waals surface area contributed by atoms with Crippen molar-refractivity contribution in [2.24, 2.45) is 28.6 Å². The van der Waals surface area contributed by atoms with Crippen molar-refractivity contribution in [3.05, 3.63) is 23.8 Å². The van der Waals surface area contributed by atoms with Gasteiger partial charge >= 0.3 is 0 Å². The number of hydrogen-bond donors (Lipinski definition) is 3. The SMILES string of the molecule is C[C@H]1C[C@H]2[C@@H]3C[C@H](F)C4=CC(=O)C=C[C@]4(C)[C@@]3(F)[C@@H](O)C[C@]2(C)[C@@]1(O)C(O)=S. The highest BCUT2D eigenvalue weighted by Gasteiger charge is 2.76. The van der Waals surface area contributed by atoms with Gasteiger partial charge in [-0.15, -0.1) is 0 Å². The van der Waals surface area contributed by atoms with Crippen LogP contribution in [0.4, 0.5) is 8.78 Å². The molecule has 0 amide bonds. The van der Waals surface area contributed by atoms with Gasteiger partial charge in [-0.05, 0) is 68.0 Å². The summed E-state index contributed by atoms with van der Waals surface area (Å²) in [5.41, 5.74) is -6.40. The van der Waals surface area contributed by atoms with Crippen molar-refractivity contribution in [3.63, 3.8) is 0 Å². The van der Waals surface area contributed by atoms with Crippen LogP contribution in [0, 0.1) is 28.6 Å². The molecule has 0 bridgehead atoms. The number of aliphatic hydroxyl groups is 3. The second-order valence-corrected chi connectivity index (χ2v) is 9.95. The number of fused-ring (bicyclic) bond motifs is 5. The molecular weight excluding hydrogens is 386 g/mol. The van der Waals surface area contributed by atoms with Crippen LogP contribution in [0.1, 0.15) is 40.0 Å². The molecule has 9 atom stereocenters. The van der Waals surface area contributed by atoms with Gasteiger partial charge in [0.25, 0.3) is 0 Å². The van der Waals surface area contributed by atoms with E-state index in [4.69, 9.17) is 12.2 Å². The summed E-state index contributed by atoms with van der Waals surface area (Å²) in [7, 11) is 0. The van der Waals surface area contributed by atoms with Crippen molar-refractivity contribution in [3.8, 4) is 0 Å². The van der Waals surface area contributed by atoms with E-state index in [1.54, 1.807) is 13.8 Å². The van der Waals surface area contributed by atoms with E-state index in [1.165, 1.54) is 19.1 Å². The average Bonchev–Trinajstić information content (AvgIpc) is 2.81. The van der Waals surface area contributed by atoms with Crippen LogP contribution >= 0.6 is 12.2 Å². The summed E-state index contributed by atoms with van der Waals surface area (Å²) in [6.45, 7) is 4.97. The Morgan fingerprint density at radius 2 is 1.93 bits per heavy atom. The first-order valence-electron chi connectivity index (χ1n) is 9.76. The van der Waals surface area contributed by atoms with E-state index < -0.39 is 57.2 Å². The maximum absolute atomic E-state index is 16.8. The molecule has 154 valence electrons. The molecule has 3 fully saturated rings. The fourth-order valence-corrected chi connectivity index (χ4v) is 7.43. The minimum atomic E-state index is -2.19. The van der Waals surface area contributed by atoms with Gasteiger partial charge in [0, 0.05) is 16.7 Å². The van der Waals surface area contributed by atoms with Crippen LogP contribution in [0.25, 0.3) is 0 Å². The van der Waals surface area contributed by atoms with Crippen LogP contribution in [0.2, 0.25) is 0 Å². The Kier molecular flexibility index (Phi) is 4.09. The van der Waals surface area contributed by atoms with Gasteiger partial charge in [0.1, 0.15) is 11.8 Å². The Morgan fingerprint density at radius 1 is 1.29 bits per heavy atom. The summed E-state index contributed by atoms with van der Waals surface area (Å²) in [6, 6.07) is 0. The standard InChI is InChI=1S/C21H26F2O4S/c1-10-6-12-13-8-15(22)14-7-11(24)4-5-18(14,2)20(13,23)16(25)9-19(12,3)21(10,27)17(26)28/h4-5,7,10,12-13,15-16,25,27H,6,8-9H2,1-3H3,(H,26,28)/t10-,12-,13-,15-,16-,18-,19-,20-,21-/m0/s1. The zero-order valence-corrected chi connectivity index (χ0v) is 17.0. The molecule has 4 rings (SSSR count). The van der Waals surface area contributed by atoms with Crippen molar-refractivity contribution in [2.45, 2.75) is 63.6 Å². The minimum absolute atomic E-state index is 0.0698. The molecule has 0 spiro atoms. The summed E-state index contributed by atoms with van der Waals surface area (Å²) >= 11 is 4.95. The highest BCUT2D eigenvalue weighted by molar-refractivity contribution is 7.80. The number of thiocarbonyl (C=S) groups is 1. The number of hydrogen-bond acceptors (Lipinski definition) is 4. The molecule has 4 nitrogen and oxygen atoms in total. The number of carbonyl (C=O) groups excluding carboxylic acids is 1. The predicted octanol–water partition coefficient (Wildman–Crippen LogP) is 3.17. The van der Waals surface area contributed by atoms with Crippen LogP contribution < -0.4 is 0 Å². The molecule has 0 aromatic rings. The van der Waals surface area contributed by atoms with Crippen LogP contribution in [0.3, 0.4) is 0 Å². The molecule has 0 aromatic carbocycles. The third-order valence-electron chi connectivity index (χ3n) is 8.54. The third kappa shape index (κ3) is 2.00. The van der Waals surface area contributed by atoms with Crippen LogP contribution in [0.5, 0.6) is 0 Å². The summed E-state index contributed by atoms with van der Waals surface area (Å²) in [5.74, 6) is -2.21. The van der Waals surface area contributed by atoms with Gasteiger partial charge in [0.2, 0.25) is 0 Å². The quantitative estimate of drug-likeness (QED) is 0.577. The lowest BCUT2D eigenvalue weighted by molar-refractivity contribution is -0.215. The molecule has 3 N–H and O–H groups in total. The summed E-state index contributed by atoms with van der Waals surface area (Å²) in [6.07, 6.45) is 0.801. The molecular formula is C21H26F2O4S. The van der Waals surface area contributed by atoms with Crippen LogP contribution in [-0.4, -0.2) is 49.7 Å². The van der Waals surface area contributed by atoms with Gasteiger partial charge in [-0.2, -0.15) is 0 Å². The first-order valence-corrected chi connectivity index (χ1v) is 10.2. The second kappa shape index (κ2) is 5.70. The van der Waals surface area contributed by atoms with E-state index in [1.807, 2.05) is 0 Å². The number of carbonyl (C=O) groups is 1. The Labute approximate surface area is 168 Å². The topological polar surface area (TPSA) is 77.8 Å². The maximum atomic E-state index is 16.8. The normalized spacial score (nSPS) is 55.2. The Hall–Kier alpha value is -1.18. The lowest BCUT2D eigenvalue weighted by Gasteiger charge is -2.63. The fourth-order valence-electron chi connectivity index (χ4n) is 7.00. The second-order valence-electron chi connectivity index (χ2n) is 9.57. The molecule has 0 saturated heterocycles. The summed E-state index contributed by atoms with van der Waals surface area (Å²) in [5, 5.41) is 31.9. The number of aliphatic hydroxyl groups excluding tert-OH is 2. The highest BCUT2D eigenvalue weighted by atomic mass is 32.1. The van der Waals surface area contributed by atoms with Crippen molar-refractivity contribution in [1.82, 2.24) is 0 Å². The largest absolute Gasteiger partial charge is 0.500 e. The van der Waals surface area contributed by atoms with Crippen molar-refractivity contribution < 1.29 is 28.9 Å². The molecule has 28 heavy (non-hydrogen) atoms. The Balaban J connectivity index is 1.88. The Bertz CT molecular complexity index is 827. The monoisotopic (exact) mass is 412 g/mol. The molecule has 0 aliphatic heterocycles. The summed E-state index contributed by atoms with van der Waals surface area (Å²) in [4.78, 5) is 11.8. The van der Waals surface area contributed by atoms with Crippen molar-refractivity contribution in [1.29, 1.82) is 0 Å². The molecule has 0 radical (unpaired) electrons. The third-order valence-corrected chi connectivity index (χ3v) is 8.85. The lowest BCUT2D eigenvalue weighted by atomic mass is 9.44. The average molecular weight is 412 g/mol. The van der Waals surface area contributed by atoms with E-state index in [0.717, 1.165) is 6.08 Å². The van der Waals surface area contributed by atoms with Gasteiger partial charge in [0.05, 0.1) is 6.10 Å². The van der Waals surface area contributed by atoms with Crippen molar-refractivity contribution >= 4 is 23.1 Å². The van der Waals surface area contributed by atoms with Gasteiger partial charge in [-0.25, -0.2) is 8.78 Å². The molecule has 7 heteroatoms. The van der Waals surface area contributed by atoms with Gasteiger partial charge < -0.3 is 15.3 Å². The maximum Gasteiger partial charge on any atom is 0.190 e. The van der Waals surface area contributed by atoms with Gasteiger partial charge in [-0.1, -0.05) is 19.9 Å². The van der Waals surface area contributed by atoms with Crippen LogP contribution in [0.15, 0.2) is 23.8 Å². The molecule has 4 aliphatic carbocycles. The van der Waals surface area contributed by atoms with E-state index in [-0.39, 0.29) is 24.2 Å². The first kappa shape index (κ1) is 20.1. The zero-order chi connectivity index (χ0) is 20.9. The molecule has 0 heterocycles. The number of allylic oxidation sites excluding steroid dienone is 4. The highest BCUT2D eigenvalue weighted by Crippen LogP contribution is 2.70.